The summed E-state index contributed by atoms with van der Waals surface area (Å²) in [5.74, 6) is 1.28. The average molecular weight is 458 g/mol. The van der Waals surface area contributed by atoms with Gasteiger partial charge in [0.05, 0.1) is 22.5 Å². The number of fused-ring (bicyclic) bond motifs is 1. The predicted molar refractivity (Wildman–Crippen MR) is 136 cm³/mol. The highest BCUT2D eigenvalue weighted by atomic mass is 16.1. The summed E-state index contributed by atoms with van der Waals surface area (Å²) in [6.45, 7) is 7.49. The molecule has 0 spiro atoms. The Morgan fingerprint density at radius 3 is 2.35 bits per heavy atom. The molecule has 0 unspecified atom stereocenters. The summed E-state index contributed by atoms with van der Waals surface area (Å²) in [5.41, 5.74) is 4.70. The van der Waals surface area contributed by atoms with Crippen LogP contribution in [-0.4, -0.2) is 58.2 Å². The molecule has 0 atom stereocenters. The first kappa shape index (κ1) is 21.8. The molecule has 2 aliphatic heterocycles. The maximum atomic E-state index is 12.5. The van der Waals surface area contributed by atoms with E-state index in [1.54, 1.807) is 6.92 Å². The van der Waals surface area contributed by atoms with Crippen LogP contribution < -0.4 is 4.90 Å². The van der Waals surface area contributed by atoms with Gasteiger partial charge in [0.1, 0.15) is 5.69 Å². The van der Waals surface area contributed by atoms with Gasteiger partial charge in [0.2, 0.25) is 0 Å². The van der Waals surface area contributed by atoms with E-state index >= 15 is 0 Å². The quantitative estimate of drug-likeness (QED) is 0.476. The standard InChI is InChI=1S/C28H35N5O/c1-20(34)24-18-25(32-16-12-21(13-17-32)19-31-14-5-6-15-31)26-27(22-8-7-9-22)30-33(28(26)29-24)23-10-3-2-4-11-23/h2-4,10-11,18,21-22H,5-9,12-17,19H2,1H3. The molecular weight excluding hydrogens is 422 g/mol. The van der Waals surface area contributed by atoms with Crippen molar-refractivity contribution in [1.82, 2.24) is 19.7 Å². The van der Waals surface area contributed by atoms with E-state index in [0.29, 0.717) is 11.6 Å². The molecule has 4 heterocycles. The normalized spacial score (nSPS) is 20.2. The molecule has 0 bridgehead atoms. The van der Waals surface area contributed by atoms with Crippen LogP contribution in [0.1, 0.15) is 74.0 Å². The van der Waals surface area contributed by atoms with E-state index in [-0.39, 0.29) is 5.78 Å². The fourth-order valence-corrected chi connectivity index (χ4v) is 5.96. The van der Waals surface area contributed by atoms with Crippen LogP contribution in [0, 0.1) is 5.92 Å². The monoisotopic (exact) mass is 457 g/mol. The van der Waals surface area contributed by atoms with Crippen molar-refractivity contribution >= 4 is 22.5 Å². The molecule has 6 heteroatoms. The number of pyridine rings is 1. The van der Waals surface area contributed by atoms with Gasteiger partial charge in [-0.25, -0.2) is 9.67 Å². The number of anilines is 1. The third-order valence-electron chi connectivity index (χ3n) is 8.17. The zero-order valence-electron chi connectivity index (χ0n) is 20.2. The molecule has 3 aliphatic rings. The lowest BCUT2D eigenvalue weighted by Gasteiger charge is -2.36. The van der Waals surface area contributed by atoms with Crippen LogP contribution in [0.3, 0.4) is 0 Å². The minimum absolute atomic E-state index is 0.0121. The molecule has 2 saturated heterocycles. The molecule has 0 radical (unpaired) electrons. The van der Waals surface area contributed by atoms with E-state index in [2.05, 4.69) is 21.9 Å². The SMILES string of the molecule is CC(=O)c1cc(N2CCC(CN3CCCC3)CC2)c2c(C3CCC3)nn(-c3ccccc3)c2n1. The van der Waals surface area contributed by atoms with Crippen LogP contribution in [0.2, 0.25) is 0 Å². The number of rotatable bonds is 6. The topological polar surface area (TPSA) is 54.3 Å². The molecule has 6 nitrogen and oxygen atoms in total. The van der Waals surface area contributed by atoms with E-state index in [1.807, 2.05) is 28.9 Å². The number of Topliss-reactive ketones (excluding diaryl/α,β-unsaturated/α-hetero) is 1. The average Bonchev–Trinajstić information content (AvgIpc) is 3.47. The van der Waals surface area contributed by atoms with Gasteiger partial charge in [0.15, 0.2) is 11.4 Å². The van der Waals surface area contributed by atoms with E-state index in [1.165, 1.54) is 76.0 Å². The molecule has 0 amide bonds. The number of likely N-dealkylation sites (tertiary alicyclic amines) is 1. The maximum absolute atomic E-state index is 12.5. The second-order valence-corrected chi connectivity index (χ2v) is 10.5. The second kappa shape index (κ2) is 9.14. The molecule has 1 saturated carbocycles. The van der Waals surface area contributed by atoms with E-state index < -0.39 is 0 Å². The number of para-hydroxylation sites is 1. The summed E-state index contributed by atoms with van der Waals surface area (Å²) in [7, 11) is 0. The number of ketones is 1. The van der Waals surface area contributed by atoms with Crippen LogP contribution in [0.15, 0.2) is 36.4 Å². The number of carbonyl (C=O) groups is 1. The molecule has 3 fully saturated rings. The number of hydrogen-bond donors (Lipinski definition) is 0. The van der Waals surface area contributed by atoms with E-state index in [4.69, 9.17) is 10.1 Å². The van der Waals surface area contributed by atoms with Crippen molar-refractivity contribution in [3.8, 4) is 5.69 Å². The third kappa shape index (κ3) is 4.02. The van der Waals surface area contributed by atoms with Crippen LogP contribution in [0.4, 0.5) is 5.69 Å². The van der Waals surface area contributed by atoms with Crippen LogP contribution in [0.25, 0.3) is 16.7 Å². The highest BCUT2D eigenvalue weighted by Gasteiger charge is 2.31. The zero-order valence-corrected chi connectivity index (χ0v) is 20.2. The van der Waals surface area contributed by atoms with Crippen molar-refractivity contribution in [1.29, 1.82) is 0 Å². The lowest BCUT2D eigenvalue weighted by molar-refractivity contribution is 0.101. The van der Waals surface area contributed by atoms with Gasteiger partial charge in [0.25, 0.3) is 0 Å². The van der Waals surface area contributed by atoms with Gasteiger partial charge >= 0.3 is 0 Å². The van der Waals surface area contributed by atoms with Gasteiger partial charge < -0.3 is 9.80 Å². The maximum Gasteiger partial charge on any atom is 0.178 e. The first-order chi connectivity index (χ1) is 16.7. The highest BCUT2D eigenvalue weighted by molar-refractivity contribution is 6.00. The Hall–Kier alpha value is -2.73. The van der Waals surface area contributed by atoms with Gasteiger partial charge in [-0.3, -0.25) is 4.79 Å². The Morgan fingerprint density at radius 1 is 0.971 bits per heavy atom. The summed E-state index contributed by atoms with van der Waals surface area (Å²) in [5, 5.41) is 6.29. The zero-order chi connectivity index (χ0) is 23.1. The Balaban J connectivity index is 1.39. The van der Waals surface area contributed by atoms with Gasteiger partial charge in [-0.1, -0.05) is 24.6 Å². The van der Waals surface area contributed by atoms with E-state index in [0.717, 1.165) is 35.7 Å². The van der Waals surface area contributed by atoms with Crippen molar-refractivity contribution in [2.24, 2.45) is 5.92 Å². The van der Waals surface area contributed by atoms with Gasteiger partial charge in [-0.05, 0) is 75.7 Å². The molecule has 0 N–H and O–H groups in total. The smallest absolute Gasteiger partial charge is 0.178 e. The summed E-state index contributed by atoms with van der Waals surface area (Å²) >= 11 is 0. The van der Waals surface area contributed by atoms with E-state index in [9.17, 15) is 4.79 Å². The van der Waals surface area contributed by atoms with Crippen molar-refractivity contribution in [3.63, 3.8) is 0 Å². The van der Waals surface area contributed by atoms with Gasteiger partial charge in [-0.15, -0.1) is 0 Å². The number of piperidine rings is 1. The third-order valence-corrected chi connectivity index (χ3v) is 8.17. The molecule has 6 rings (SSSR count). The van der Waals surface area contributed by atoms with Crippen molar-refractivity contribution < 1.29 is 4.79 Å². The minimum atomic E-state index is 0.0121. The Kier molecular flexibility index (Phi) is 5.85. The fourth-order valence-electron chi connectivity index (χ4n) is 5.96. The molecule has 3 aromatic rings. The number of benzene rings is 1. The number of carbonyl (C=O) groups excluding carboxylic acids is 1. The van der Waals surface area contributed by atoms with Crippen molar-refractivity contribution in [2.45, 2.75) is 57.8 Å². The summed E-state index contributed by atoms with van der Waals surface area (Å²) in [4.78, 5) is 22.5. The molecule has 178 valence electrons. The highest BCUT2D eigenvalue weighted by Crippen LogP contribution is 2.43. The lowest BCUT2D eigenvalue weighted by atomic mass is 9.81. The summed E-state index contributed by atoms with van der Waals surface area (Å²) in [6.07, 6.45) is 8.77. The van der Waals surface area contributed by atoms with Crippen LogP contribution in [-0.2, 0) is 0 Å². The molecular formula is C28H35N5O. The van der Waals surface area contributed by atoms with Gasteiger partial charge in [0, 0.05) is 32.5 Å². The Bertz CT molecular complexity index is 1170. The first-order valence-corrected chi connectivity index (χ1v) is 13.1. The summed E-state index contributed by atoms with van der Waals surface area (Å²) < 4.78 is 1.97. The Morgan fingerprint density at radius 2 is 1.71 bits per heavy atom. The van der Waals surface area contributed by atoms with Crippen LogP contribution in [0.5, 0.6) is 0 Å². The molecule has 1 aliphatic carbocycles. The van der Waals surface area contributed by atoms with Crippen molar-refractivity contribution in [3.05, 3.63) is 47.8 Å². The Labute approximate surface area is 201 Å². The fraction of sp³-hybridized carbons (Fsp3) is 0.536. The number of nitrogens with zero attached hydrogens (tertiary/aromatic N) is 5. The van der Waals surface area contributed by atoms with Crippen LogP contribution >= 0.6 is 0 Å². The molecule has 1 aromatic carbocycles. The summed E-state index contributed by atoms with van der Waals surface area (Å²) in [6, 6.07) is 12.3. The first-order valence-electron chi connectivity index (χ1n) is 13.1. The minimum Gasteiger partial charge on any atom is -0.371 e. The largest absolute Gasteiger partial charge is 0.371 e. The molecule has 34 heavy (non-hydrogen) atoms. The number of hydrogen-bond acceptors (Lipinski definition) is 5. The molecule has 2 aromatic heterocycles. The van der Waals surface area contributed by atoms with Crippen molar-refractivity contribution in [2.75, 3.05) is 37.6 Å². The predicted octanol–water partition coefficient (Wildman–Crippen LogP) is 5.20. The second-order valence-electron chi connectivity index (χ2n) is 10.5. The van der Waals surface area contributed by atoms with Gasteiger partial charge in [-0.2, -0.15) is 5.10 Å². The lowest BCUT2D eigenvalue weighted by Crippen LogP contribution is -2.38. The number of aromatic nitrogens is 3.